The lowest BCUT2D eigenvalue weighted by atomic mass is 9.99. The van der Waals surface area contributed by atoms with Gasteiger partial charge in [-0.15, -0.1) is 0 Å². The van der Waals surface area contributed by atoms with Crippen molar-refractivity contribution < 1.29 is 17.7 Å². The first-order valence-electron chi connectivity index (χ1n) is 9.17. The van der Waals surface area contributed by atoms with E-state index in [1.807, 2.05) is 24.3 Å². The van der Waals surface area contributed by atoms with Crippen LogP contribution in [-0.4, -0.2) is 20.3 Å². The first-order chi connectivity index (χ1) is 13.8. The maximum atomic E-state index is 6.21. The number of hydrogen-bond donors (Lipinski definition) is 0. The van der Waals surface area contributed by atoms with E-state index in [9.17, 15) is 0 Å². The van der Waals surface area contributed by atoms with E-state index in [4.69, 9.17) is 17.7 Å². The van der Waals surface area contributed by atoms with E-state index in [1.54, 1.807) is 7.11 Å². The molecule has 0 fully saturated rings. The van der Waals surface area contributed by atoms with Gasteiger partial charge in [-0.05, 0) is 33.7 Å². The highest BCUT2D eigenvalue weighted by Crippen LogP contribution is 2.40. The van der Waals surface area contributed by atoms with E-state index in [0.717, 1.165) is 43.5 Å². The van der Waals surface area contributed by atoms with Gasteiger partial charge in [-0.25, -0.2) is 0 Å². The zero-order chi connectivity index (χ0) is 18.9. The third kappa shape index (κ3) is 2.96. The number of benzene rings is 4. The molecule has 0 spiro atoms. The van der Waals surface area contributed by atoms with Crippen LogP contribution in [0.4, 0.5) is 0 Å². The predicted octanol–water partition coefficient (Wildman–Crippen LogP) is 6.67. The summed E-state index contributed by atoms with van der Waals surface area (Å²) < 4.78 is 23.3. The molecule has 140 valence electrons. The second-order valence-corrected chi connectivity index (χ2v) is 7.62. The zero-order valence-electron chi connectivity index (χ0n) is 15.4. The normalized spacial score (nSPS) is 11.6. The second kappa shape index (κ2) is 7.33. The average Bonchev–Trinajstić information content (AvgIpc) is 2.90. The van der Waals surface area contributed by atoms with Crippen LogP contribution in [0, 0.1) is 0 Å². The first-order valence-corrected chi connectivity index (χ1v) is 10.3. The summed E-state index contributed by atoms with van der Waals surface area (Å²) in [5.41, 5.74) is 1.55. The van der Waals surface area contributed by atoms with Crippen LogP contribution in [0.5, 0.6) is 0 Å². The molecule has 0 aliphatic rings. The van der Waals surface area contributed by atoms with E-state index in [0.29, 0.717) is 13.2 Å². The van der Waals surface area contributed by atoms with Crippen molar-refractivity contribution in [3.8, 4) is 0 Å². The van der Waals surface area contributed by atoms with Gasteiger partial charge in [0.1, 0.15) is 11.2 Å². The maximum absolute atomic E-state index is 6.21. The third-order valence-corrected chi connectivity index (χ3v) is 5.95. The van der Waals surface area contributed by atoms with Crippen molar-refractivity contribution in [1.29, 1.82) is 0 Å². The molecule has 1 heterocycles. The van der Waals surface area contributed by atoms with Gasteiger partial charge in [0, 0.05) is 17.9 Å². The molecule has 0 saturated carbocycles. The number of fused-ring (bicyclic) bond motifs is 7. The molecule has 5 aromatic rings. The van der Waals surface area contributed by atoms with E-state index in [-0.39, 0.29) is 0 Å². The Bertz CT molecular complexity index is 1240. The summed E-state index contributed by atoms with van der Waals surface area (Å²) >= 11 is 0. The molecule has 5 heteroatoms. The monoisotopic (exact) mass is 390 g/mol. The minimum Gasteiger partial charge on any atom is -0.399 e. The van der Waals surface area contributed by atoms with Crippen molar-refractivity contribution in [3.63, 3.8) is 0 Å². The summed E-state index contributed by atoms with van der Waals surface area (Å²) in [5.74, 6) is 0. The lowest BCUT2D eigenvalue weighted by molar-refractivity contribution is 0.162. The van der Waals surface area contributed by atoms with E-state index < -0.39 is 8.24 Å². The molecule has 0 atom stereocenters. The average molecular weight is 390 g/mol. The molecule has 4 aromatic carbocycles. The SMILES string of the molecule is COCCOp1oc2ccc3ccccc3c2c2c(ccc3ccccc32)o1. The lowest BCUT2D eigenvalue weighted by Crippen LogP contribution is -2.01. The number of methoxy groups -OCH3 is 1. The minimum atomic E-state index is -1.57. The molecule has 0 radical (unpaired) electrons. The highest BCUT2D eigenvalue weighted by molar-refractivity contribution is 7.31. The summed E-state index contributed by atoms with van der Waals surface area (Å²) in [6.07, 6.45) is 0. The second-order valence-electron chi connectivity index (χ2n) is 6.55. The van der Waals surface area contributed by atoms with Gasteiger partial charge in [-0.1, -0.05) is 60.7 Å². The molecule has 0 aliphatic carbocycles. The Kier molecular flexibility index (Phi) is 4.53. The summed E-state index contributed by atoms with van der Waals surface area (Å²) in [6, 6.07) is 24.9. The molecule has 0 unspecified atom stereocenters. The van der Waals surface area contributed by atoms with Crippen molar-refractivity contribution in [2.45, 2.75) is 0 Å². The molecular weight excluding hydrogens is 371 g/mol. The molecule has 4 nitrogen and oxygen atoms in total. The van der Waals surface area contributed by atoms with Gasteiger partial charge >= 0.3 is 8.24 Å². The van der Waals surface area contributed by atoms with Gasteiger partial charge in [0.15, 0.2) is 0 Å². The Balaban J connectivity index is 1.98. The van der Waals surface area contributed by atoms with Gasteiger partial charge < -0.3 is 13.1 Å². The van der Waals surface area contributed by atoms with Gasteiger partial charge in [-0.3, -0.25) is 4.52 Å². The fourth-order valence-corrected chi connectivity index (χ4v) is 4.59. The summed E-state index contributed by atoms with van der Waals surface area (Å²) in [7, 11) is 0.0732. The van der Waals surface area contributed by atoms with Gasteiger partial charge in [0.25, 0.3) is 0 Å². The van der Waals surface area contributed by atoms with Crippen LogP contribution in [0.2, 0.25) is 0 Å². The van der Waals surface area contributed by atoms with E-state index in [2.05, 4.69) is 48.5 Å². The number of ether oxygens (including phenoxy) is 1. The molecule has 0 aliphatic heterocycles. The maximum Gasteiger partial charge on any atom is 0.387 e. The third-order valence-electron chi connectivity index (χ3n) is 4.86. The first kappa shape index (κ1) is 17.3. The van der Waals surface area contributed by atoms with Gasteiger partial charge in [-0.2, -0.15) is 0 Å². The predicted molar refractivity (Wildman–Crippen MR) is 115 cm³/mol. The quantitative estimate of drug-likeness (QED) is 0.321. The number of hydrogen-bond acceptors (Lipinski definition) is 4. The van der Waals surface area contributed by atoms with Crippen LogP contribution in [0.3, 0.4) is 0 Å². The Morgan fingerprint density at radius 2 is 1.21 bits per heavy atom. The van der Waals surface area contributed by atoms with Crippen LogP contribution in [0.1, 0.15) is 0 Å². The van der Waals surface area contributed by atoms with Crippen molar-refractivity contribution in [3.05, 3.63) is 72.8 Å². The van der Waals surface area contributed by atoms with Crippen LogP contribution in [-0.2, 0) is 4.74 Å². The fourth-order valence-electron chi connectivity index (χ4n) is 3.60. The number of rotatable bonds is 4. The summed E-state index contributed by atoms with van der Waals surface area (Å²) in [4.78, 5) is 0. The highest BCUT2D eigenvalue weighted by atomic mass is 31.1. The smallest absolute Gasteiger partial charge is 0.387 e. The fraction of sp³-hybridized carbons (Fsp3) is 0.130. The zero-order valence-corrected chi connectivity index (χ0v) is 16.3. The molecule has 0 N–H and O–H groups in total. The molecule has 1 aromatic heterocycles. The van der Waals surface area contributed by atoms with Crippen LogP contribution >= 0.6 is 8.24 Å². The van der Waals surface area contributed by atoms with Crippen LogP contribution in [0.15, 0.2) is 81.2 Å². The Morgan fingerprint density at radius 3 is 1.75 bits per heavy atom. The van der Waals surface area contributed by atoms with E-state index in [1.165, 1.54) is 0 Å². The van der Waals surface area contributed by atoms with Crippen LogP contribution < -0.4 is 4.52 Å². The summed E-state index contributed by atoms with van der Waals surface area (Å²) in [6.45, 7) is 0.898. The standard InChI is InChI=1S/C23H19O4P/c1-24-14-15-25-28-26-20-12-10-16-6-2-4-8-18(16)22(20)23-19-9-5-3-7-17(19)11-13-21(23)27-28/h2-13H,14-15H2,1H3. The van der Waals surface area contributed by atoms with E-state index >= 15 is 0 Å². The highest BCUT2D eigenvalue weighted by Gasteiger charge is 2.13. The largest absolute Gasteiger partial charge is 0.399 e. The van der Waals surface area contributed by atoms with Crippen molar-refractivity contribution in [2.24, 2.45) is 0 Å². The minimum absolute atomic E-state index is 0.411. The van der Waals surface area contributed by atoms with Crippen LogP contribution in [0.25, 0.3) is 43.5 Å². The Morgan fingerprint density at radius 1 is 0.679 bits per heavy atom. The Labute approximate surface area is 162 Å². The molecule has 0 saturated heterocycles. The molecule has 5 rings (SSSR count). The van der Waals surface area contributed by atoms with Crippen molar-refractivity contribution in [2.75, 3.05) is 20.3 Å². The summed E-state index contributed by atoms with van der Waals surface area (Å²) in [5, 5.41) is 6.69. The lowest BCUT2D eigenvalue weighted by Gasteiger charge is -2.05. The molecule has 0 bridgehead atoms. The van der Waals surface area contributed by atoms with Crippen molar-refractivity contribution >= 4 is 51.7 Å². The van der Waals surface area contributed by atoms with Gasteiger partial charge in [0.2, 0.25) is 0 Å². The molecular formula is C23H19O4P. The topological polar surface area (TPSA) is 44.7 Å². The Hall–Kier alpha value is -2.78. The molecule has 28 heavy (non-hydrogen) atoms. The van der Waals surface area contributed by atoms with Gasteiger partial charge in [0.05, 0.1) is 13.2 Å². The van der Waals surface area contributed by atoms with Crippen molar-refractivity contribution in [1.82, 2.24) is 0 Å². The molecule has 0 amide bonds.